The van der Waals surface area contributed by atoms with E-state index in [-0.39, 0.29) is 39.9 Å². The van der Waals surface area contributed by atoms with Crippen LogP contribution in [0.3, 0.4) is 0 Å². The van der Waals surface area contributed by atoms with Crippen LogP contribution in [0.5, 0.6) is 0 Å². The average Bonchev–Trinajstić information content (AvgIpc) is 1.79. The molecular weight excluding hydrogens is 280 g/mol. The summed E-state index contributed by atoms with van der Waals surface area (Å²) in [5.74, 6) is -0.271. The van der Waals surface area contributed by atoms with Crippen LogP contribution in [0.1, 0.15) is 13.8 Å². The summed E-state index contributed by atoms with van der Waals surface area (Å²) in [6.45, 7) is 3.29. The molecule has 0 radical (unpaired) electrons. The fourth-order valence-corrected chi connectivity index (χ4v) is 0.631. The zero-order valence-electron chi connectivity index (χ0n) is 6.13. The van der Waals surface area contributed by atoms with Crippen LogP contribution in [0.25, 0.3) is 0 Å². The zero-order valence-corrected chi connectivity index (χ0v) is 9.56. The van der Waals surface area contributed by atoms with Gasteiger partial charge in [-0.3, -0.25) is 10.1 Å². The van der Waals surface area contributed by atoms with Crippen molar-refractivity contribution in [1.29, 1.82) is 0 Å². The SMILES string of the molecule is Br.Br.CC1(C)NC(=O)NC1=O. The van der Waals surface area contributed by atoms with Crippen molar-refractivity contribution in [2.75, 3.05) is 0 Å². The molecule has 1 rings (SSSR count). The van der Waals surface area contributed by atoms with Gasteiger partial charge in [-0.2, -0.15) is 0 Å². The van der Waals surface area contributed by atoms with Crippen LogP contribution < -0.4 is 10.6 Å². The van der Waals surface area contributed by atoms with Crippen LogP contribution in [0.4, 0.5) is 4.79 Å². The molecule has 0 aromatic carbocycles. The van der Waals surface area contributed by atoms with E-state index in [1.54, 1.807) is 13.8 Å². The molecule has 1 aliphatic heterocycles. The maximum atomic E-state index is 10.7. The molecule has 0 aliphatic carbocycles. The largest absolute Gasteiger partial charge is 0.324 e. The first kappa shape index (κ1) is 13.5. The Balaban J connectivity index is 0. The molecule has 0 spiro atoms. The van der Waals surface area contributed by atoms with E-state index in [4.69, 9.17) is 0 Å². The Morgan fingerprint density at radius 2 is 1.64 bits per heavy atom. The number of carbonyl (C=O) groups excluding carboxylic acids is 2. The highest BCUT2D eigenvalue weighted by molar-refractivity contribution is 8.93. The van der Waals surface area contributed by atoms with Gasteiger partial charge in [0.2, 0.25) is 0 Å². The fraction of sp³-hybridized carbons (Fsp3) is 0.600. The van der Waals surface area contributed by atoms with Crippen LogP contribution in [0.2, 0.25) is 0 Å². The van der Waals surface area contributed by atoms with Gasteiger partial charge in [-0.1, -0.05) is 0 Å². The molecule has 11 heavy (non-hydrogen) atoms. The Morgan fingerprint density at radius 1 is 1.18 bits per heavy atom. The quantitative estimate of drug-likeness (QED) is 0.647. The van der Waals surface area contributed by atoms with Crippen molar-refractivity contribution < 1.29 is 9.59 Å². The highest BCUT2D eigenvalue weighted by Crippen LogP contribution is 2.05. The van der Waals surface area contributed by atoms with Gasteiger partial charge in [-0.05, 0) is 13.8 Å². The third-order valence-corrected chi connectivity index (χ3v) is 1.22. The Hall–Kier alpha value is -0.100. The summed E-state index contributed by atoms with van der Waals surface area (Å²) in [6, 6.07) is -0.412. The van der Waals surface area contributed by atoms with Crippen LogP contribution in [-0.4, -0.2) is 17.5 Å². The second kappa shape index (κ2) is 4.06. The summed E-state index contributed by atoms with van der Waals surface area (Å²) in [5, 5.41) is 4.56. The van der Waals surface area contributed by atoms with Gasteiger partial charge in [0, 0.05) is 0 Å². The zero-order chi connectivity index (χ0) is 7.07. The average molecular weight is 290 g/mol. The van der Waals surface area contributed by atoms with Gasteiger partial charge >= 0.3 is 6.03 Å². The number of imide groups is 1. The lowest BCUT2D eigenvalue weighted by Gasteiger charge is -2.11. The van der Waals surface area contributed by atoms with Gasteiger partial charge in [-0.15, -0.1) is 34.0 Å². The summed E-state index contributed by atoms with van der Waals surface area (Å²) in [6.07, 6.45) is 0. The molecule has 0 atom stereocenters. The molecule has 0 aromatic heterocycles. The number of urea groups is 1. The van der Waals surface area contributed by atoms with Gasteiger partial charge in [0.15, 0.2) is 0 Å². The second-order valence-electron chi connectivity index (χ2n) is 2.53. The third kappa shape index (κ3) is 2.78. The van der Waals surface area contributed by atoms with E-state index >= 15 is 0 Å². The summed E-state index contributed by atoms with van der Waals surface area (Å²) in [4.78, 5) is 21.1. The standard InChI is InChI=1S/C5H8N2O2.2BrH/c1-5(2)3(8)6-4(9)7-5;;/h1-2H3,(H2,6,7,8,9);2*1H. The van der Waals surface area contributed by atoms with E-state index in [0.717, 1.165) is 0 Å². The first-order chi connectivity index (χ1) is 4.02. The molecule has 0 aromatic rings. The normalized spacial score (nSPS) is 19.1. The smallest absolute Gasteiger partial charge is 0.322 e. The predicted molar refractivity (Wildman–Crippen MR) is 51.4 cm³/mol. The van der Waals surface area contributed by atoms with E-state index in [1.165, 1.54) is 0 Å². The van der Waals surface area contributed by atoms with Crippen LogP contribution >= 0.6 is 34.0 Å². The molecule has 0 bridgehead atoms. The van der Waals surface area contributed by atoms with Gasteiger partial charge in [0.05, 0.1) is 0 Å². The van der Waals surface area contributed by atoms with E-state index in [0.29, 0.717) is 0 Å². The number of nitrogens with one attached hydrogen (secondary N) is 2. The number of hydrogen-bond acceptors (Lipinski definition) is 2. The van der Waals surface area contributed by atoms with Crippen molar-refractivity contribution in [3.8, 4) is 0 Å². The molecule has 6 heteroatoms. The first-order valence-corrected chi connectivity index (χ1v) is 2.66. The number of carbonyl (C=O) groups is 2. The van der Waals surface area contributed by atoms with Crippen molar-refractivity contribution >= 4 is 45.9 Å². The summed E-state index contributed by atoms with van der Waals surface area (Å²) >= 11 is 0. The topological polar surface area (TPSA) is 58.2 Å². The van der Waals surface area contributed by atoms with E-state index in [2.05, 4.69) is 10.6 Å². The monoisotopic (exact) mass is 288 g/mol. The van der Waals surface area contributed by atoms with Gasteiger partial charge in [0.25, 0.3) is 5.91 Å². The molecule has 3 amide bonds. The number of rotatable bonds is 0. The minimum absolute atomic E-state index is 0. The fourth-order valence-electron chi connectivity index (χ4n) is 0.631. The van der Waals surface area contributed by atoms with Gasteiger partial charge < -0.3 is 5.32 Å². The lowest BCUT2D eigenvalue weighted by Crippen LogP contribution is -2.39. The molecule has 4 nitrogen and oxygen atoms in total. The molecule has 0 saturated carbocycles. The highest BCUT2D eigenvalue weighted by Gasteiger charge is 2.36. The van der Waals surface area contributed by atoms with Crippen molar-refractivity contribution in [2.24, 2.45) is 0 Å². The van der Waals surface area contributed by atoms with Crippen LogP contribution in [0.15, 0.2) is 0 Å². The van der Waals surface area contributed by atoms with Crippen molar-refractivity contribution in [3.63, 3.8) is 0 Å². The molecular formula is C5H10Br2N2O2. The number of halogens is 2. The van der Waals surface area contributed by atoms with Crippen molar-refractivity contribution in [1.82, 2.24) is 10.6 Å². The number of amides is 3. The van der Waals surface area contributed by atoms with Crippen molar-refractivity contribution in [3.05, 3.63) is 0 Å². The summed E-state index contributed by atoms with van der Waals surface area (Å²) < 4.78 is 0. The first-order valence-electron chi connectivity index (χ1n) is 2.66. The van der Waals surface area contributed by atoms with Gasteiger partial charge in [-0.25, -0.2) is 4.79 Å². The maximum Gasteiger partial charge on any atom is 0.322 e. The lowest BCUT2D eigenvalue weighted by atomic mass is 10.1. The Kier molecular flexibility index (Phi) is 4.98. The maximum absolute atomic E-state index is 10.7. The van der Waals surface area contributed by atoms with Crippen LogP contribution in [-0.2, 0) is 4.79 Å². The highest BCUT2D eigenvalue weighted by atomic mass is 79.9. The molecule has 1 saturated heterocycles. The number of hydrogen-bond donors (Lipinski definition) is 2. The second-order valence-corrected chi connectivity index (χ2v) is 2.53. The Bertz CT molecular complexity index is 181. The Morgan fingerprint density at radius 3 is 1.73 bits per heavy atom. The lowest BCUT2D eigenvalue weighted by molar-refractivity contribution is -0.122. The molecule has 1 heterocycles. The van der Waals surface area contributed by atoms with Gasteiger partial charge in [0.1, 0.15) is 5.54 Å². The van der Waals surface area contributed by atoms with Crippen molar-refractivity contribution in [2.45, 2.75) is 19.4 Å². The molecule has 1 fully saturated rings. The summed E-state index contributed by atoms with van der Waals surface area (Å²) in [7, 11) is 0. The minimum Gasteiger partial charge on any atom is -0.324 e. The molecule has 66 valence electrons. The predicted octanol–water partition coefficient (Wildman–Crippen LogP) is 0.760. The van der Waals surface area contributed by atoms with E-state index < -0.39 is 11.6 Å². The Labute approximate surface area is 85.6 Å². The minimum atomic E-state index is -0.725. The summed E-state index contributed by atoms with van der Waals surface area (Å²) in [5.41, 5.74) is -0.725. The molecule has 0 unspecified atom stereocenters. The van der Waals surface area contributed by atoms with E-state index in [1.807, 2.05) is 0 Å². The van der Waals surface area contributed by atoms with E-state index in [9.17, 15) is 9.59 Å². The molecule has 2 N–H and O–H groups in total. The third-order valence-electron chi connectivity index (χ3n) is 1.22. The molecule has 1 aliphatic rings. The van der Waals surface area contributed by atoms with Crippen LogP contribution in [0, 0.1) is 0 Å².